The van der Waals surface area contributed by atoms with Crippen LogP contribution in [0.1, 0.15) is 80.9 Å². The fourth-order valence-corrected chi connectivity index (χ4v) is 7.12. The Labute approximate surface area is 232 Å². The van der Waals surface area contributed by atoms with Crippen LogP contribution in [0, 0.1) is 12.3 Å². The Bertz CT molecular complexity index is 1510. The topological polar surface area (TPSA) is 81.4 Å². The van der Waals surface area contributed by atoms with Crippen molar-refractivity contribution in [1.29, 1.82) is 0 Å². The zero-order valence-corrected chi connectivity index (χ0v) is 23.4. The minimum absolute atomic E-state index is 0.0699. The predicted molar refractivity (Wildman–Crippen MR) is 152 cm³/mol. The van der Waals surface area contributed by atoms with Gasteiger partial charge in [-0.25, -0.2) is 4.98 Å². The van der Waals surface area contributed by atoms with Gasteiger partial charge in [0, 0.05) is 30.0 Å². The van der Waals surface area contributed by atoms with E-state index in [4.69, 9.17) is 14.2 Å². The molecule has 7 nitrogen and oxygen atoms in total. The standard InChI is InChI=1S/C31H34N4O3S/c1-3-5-27(36)35(24-7-4-6-22(16-24)23-10-11-25-26(17-23)39-20(2)32-25)18-30-12-14-31(15-13-30,37-19-30)29-33-28(34-38-29)21-8-9-21/h4,6-7,10-11,16-17,21H,3,5,8-9,12-15,18-19H2,1-2H3. The number of benzene rings is 2. The second-order valence-electron chi connectivity index (χ2n) is 11.7. The van der Waals surface area contributed by atoms with E-state index in [1.54, 1.807) is 11.3 Å². The fourth-order valence-electron chi connectivity index (χ4n) is 6.25. The molecule has 4 aromatic rings. The molecule has 0 N–H and O–H groups in total. The average Bonchev–Trinajstić information content (AvgIpc) is 3.56. The largest absolute Gasteiger partial charge is 0.364 e. The summed E-state index contributed by atoms with van der Waals surface area (Å²) in [7, 11) is 0. The number of hydrogen-bond donors (Lipinski definition) is 0. The Balaban J connectivity index is 1.14. The lowest BCUT2D eigenvalue weighted by molar-refractivity contribution is -0.198. The van der Waals surface area contributed by atoms with E-state index >= 15 is 0 Å². The van der Waals surface area contributed by atoms with Gasteiger partial charge in [-0.15, -0.1) is 11.3 Å². The van der Waals surface area contributed by atoms with E-state index in [-0.39, 0.29) is 11.3 Å². The van der Waals surface area contributed by atoms with Crippen molar-refractivity contribution >= 4 is 33.1 Å². The fraction of sp³-hybridized carbons (Fsp3) is 0.484. The molecule has 4 fully saturated rings. The smallest absolute Gasteiger partial charge is 0.258 e. The van der Waals surface area contributed by atoms with Gasteiger partial charge < -0.3 is 14.2 Å². The molecule has 0 spiro atoms. The molecule has 0 unspecified atom stereocenters. The molecule has 8 heteroatoms. The summed E-state index contributed by atoms with van der Waals surface area (Å²) in [6.45, 7) is 5.37. The summed E-state index contributed by atoms with van der Waals surface area (Å²) in [5.41, 5.74) is 3.70. The Morgan fingerprint density at radius 3 is 2.64 bits per heavy atom. The van der Waals surface area contributed by atoms with Gasteiger partial charge >= 0.3 is 0 Å². The van der Waals surface area contributed by atoms with E-state index < -0.39 is 5.60 Å². The first-order chi connectivity index (χ1) is 19.0. The number of anilines is 1. The van der Waals surface area contributed by atoms with Gasteiger partial charge in [-0.05, 0) is 87.3 Å². The van der Waals surface area contributed by atoms with Gasteiger partial charge in [0.05, 0.1) is 21.8 Å². The van der Waals surface area contributed by atoms with E-state index in [2.05, 4.69) is 59.5 Å². The maximum atomic E-state index is 13.5. The maximum Gasteiger partial charge on any atom is 0.258 e. The summed E-state index contributed by atoms with van der Waals surface area (Å²) in [5.74, 6) is 2.13. The number of carbonyl (C=O) groups excluding carboxylic acids is 1. The van der Waals surface area contributed by atoms with Crippen LogP contribution in [0.4, 0.5) is 5.69 Å². The molecule has 39 heavy (non-hydrogen) atoms. The Hall–Kier alpha value is -3.10. The van der Waals surface area contributed by atoms with Crippen molar-refractivity contribution < 1.29 is 14.1 Å². The molecule has 2 saturated heterocycles. The highest BCUT2D eigenvalue weighted by Crippen LogP contribution is 2.54. The van der Waals surface area contributed by atoms with Gasteiger partial charge in [-0.3, -0.25) is 4.79 Å². The molecular formula is C31H34N4O3S. The van der Waals surface area contributed by atoms with E-state index in [0.29, 0.717) is 31.4 Å². The quantitative estimate of drug-likeness (QED) is 0.235. The van der Waals surface area contributed by atoms with Crippen molar-refractivity contribution in [1.82, 2.24) is 15.1 Å². The molecule has 2 saturated carbocycles. The average molecular weight is 543 g/mol. The van der Waals surface area contributed by atoms with Gasteiger partial charge in [-0.1, -0.05) is 30.3 Å². The molecule has 202 valence electrons. The predicted octanol–water partition coefficient (Wildman–Crippen LogP) is 7.15. The van der Waals surface area contributed by atoms with Gasteiger partial charge in [0.1, 0.15) is 5.60 Å². The molecule has 0 radical (unpaired) electrons. The van der Waals surface area contributed by atoms with Crippen LogP contribution in [0.25, 0.3) is 21.3 Å². The second-order valence-corrected chi connectivity index (χ2v) is 12.9. The number of aromatic nitrogens is 3. The van der Waals surface area contributed by atoms with Crippen molar-refractivity contribution in [2.45, 2.75) is 76.7 Å². The van der Waals surface area contributed by atoms with Crippen LogP contribution < -0.4 is 4.90 Å². The third-order valence-corrected chi connectivity index (χ3v) is 9.73. The molecular weight excluding hydrogens is 508 g/mol. The van der Waals surface area contributed by atoms with Gasteiger partial charge in [0.25, 0.3) is 5.89 Å². The summed E-state index contributed by atoms with van der Waals surface area (Å²) in [4.78, 5) is 24.9. The molecule has 2 bridgehead atoms. The minimum atomic E-state index is -0.465. The molecule has 2 aliphatic carbocycles. The molecule has 4 aliphatic rings. The zero-order valence-electron chi connectivity index (χ0n) is 22.6. The highest BCUT2D eigenvalue weighted by atomic mass is 32.1. The molecule has 1 amide bonds. The van der Waals surface area contributed by atoms with Crippen molar-refractivity contribution in [3.8, 4) is 11.1 Å². The maximum absolute atomic E-state index is 13.5. The number of hydrogen-bond acceptors (Lipinski definition) is 7. The van der Waals surface area contributed by atoms with E-state index in [1.165, 1.54) is 4.70 Å². The highest BCUT2D eigenvalue weighted by molar-refractivity contribution is 7.18. The van der Waals surface area contributed by atoms with Crippen molar-refractivity contribution in [3.63, 3.8) is 0 Å². The monoisotopic (exact) mass is 542 g/mol. The lowest BCUT2D eigenvalue weighted by Gasteiger charge is -2.52. The first-order valence-corrected chi connectivity index (χ1v) is 15.0. The van der Waals surface area contributed by atoms with Crippen LogP contribution >= 0.6 is 11.3 Å². The number of rotatable bonds is 8. The first kappa shape index (κ1) is 24.9. The highest BCUT2D eigenvalue weighted by Gasteiger charge is 2.54. The van der Waals surface area contributed by atoms with Crippen LogP contribution in [0.5, 0.6) is 0 Å². The van der Waals surface area contributed by atoms with Crippen LogP contribution in [0.15, 0.2) is 47.0 Å². The van der Waals surface area contributed by atoms with Crippen LogP contribution in [-0.4, -0.2) is 34.2 Å². The molecule has 2 aromatic heterocycles. The summed E-state index contributed by atoms with van der Waals surface area (Å²) in [6, 6.07) is 14.8. The normalized spacial score (nSPS) is 24.4. The number of amides is 1. The Morgan fingerprint density at radius 1 is 1.08 bits per heavy atom. The second kappa shape index (κ2) is 9.52. The molecule has 2 aliphatic heterocycles. The number of fused-ring (bicyclic) bond motifs is 4. The minimum Gasteiger partial charge on any atom is -0.364 e. The van der Waals surface area contributed by atoms with E-state index in [1.807, 2.05) is 11.8 Å². The summed E-state index contributed by atoms with van der Waals surface area (Å²) >= 11 is 1.71. The first-order valence-electron chi connectivity index (χ1n) is 14.2. The van der Waals surface area contributed by atoms with Gasteiger partial charge in [-0.2, -0.15) is 4.98 Å². The third kappa shape index (κ3) is 4.57. The summed E-state index contributed by atoms with van der Waals surface area (Å²) in [6.07, 6.45) is 7.31. The molecule has 0 atom stereocenters. The Kier molecular flexibility index (Phi) is 6.08. The number of ether oxygens (including phenoxy) is 1. The summed E-state index contributed by atoms with van der Waals surface area (Å²) in [5, 5.41) is 5.31. The van der Waals surface area contributed by atoms with Crippen LogP contribution in [0.3, 0.4) is 0 Å². The van der Waals surface area contributed by atoms with Crippen LogP contribution in [-0.2, 0) is 15.1 Å². The van der Waals surface area contributed by atoms with Crippen LogP contribution in [0.2, 0.25) is 0 Å². The van der Waals surface area contributed by atoms with Crippen molar-refractivity contribution in [2.75, 3.05) is 18.1 Å². The molecule has 8 rings (SSSR count). The van der Waals surface area contributed by atoms with E-state index in [9.17, 15) is 4.79 Å². The molecule has 2 aromatic carbocycles. The number of aryl methyl sites for hydroxylation is 1. The lowest BCUT2D eigenvalue weighted by Crippen LogP contribution is -2.54. The third-order valence-electron chi connectivity index (χ3n) is 8.79. The van der Waals surface area contributed by atoms with Crippen molar-refractivity contribution in [3.05, 3.63) is 59.2 Å². The number of nitrogens with zero attached hydrogens (tertiary/aromatic N) is 4. The number of carbonyl (C=O) groups is 1. The Morgan fingerprint density at radius 2 is 1.90 bits per heavy atom. The SMILES string of the molecule is CCCC(=O)N(CC12CCC(c3nc(C4CC4)no3)(CC1)OC2)c1cccc(-c2ccc3nc(C)sc3c2)c1. The van der Waals surface area contributed by atoms with Crippen molar-refractivity contribution in [2.24, 2.45) is 5.41 Å². The van der Waals surface area contributed by atoms with E-state index in [0.717, 1.165) is 78.1 Å². The summed E-state index contributed by atoms with van der Waals surface area (Å²) < 4.78 is 13.4. The lowest BCUT2D eigenvalue weighted by atomic mass is 9.65. The zero-order chi connectivity index (χ0) is 26.6. The molecule has 4 heterocycles. The number of thiazole rings is 1. The van der Waals surface area contributed by atoms with Gasteiger partial charge in [0.2, 0.25) is 5.91 Å². The van der Waals surface area contributed by atoms with Gasteiger partial charge in [0.15, 0.2) is 5.82 Å².